The third-order valence-electron chi connectivity index (χ3n) is 2.92. The van der Waals surface area contributed by atoms with Gasteiger partial charge >= 0.3 is 6.18 Å². The van der Waals surface area contributed by atoms with Crippen molar-refractivity contribution in [3.05, 3.63) is 47.8 Å². The molecule has 0 radical (unpaired) electrons. The van der Waals surface area contributed by atoms with E-state index in [1.807, 2.05) is 0 Å². The first-order chi connectivity index (χ1) is 10.4. The second-order valence-corrected chi connectivity index (χ2v) is 4.70. The molecule has 0 aliphatic carbocycles. The molecule has 2 aromatic rings. The molecule has 0 saturated carbocycles. The van der Waals surface area contributed by atoms with E-state index in [4.69, 9.17) is 5.73 Å². The van der Waals surface area contributed by atoms with Gasteiger partial charge in [0.05, 0.1) is 30.4 Å². The van der Waals surface area contributed by atoms with Crippen LogP contribution in [0.4, 0.5) is 18.9 Å². The lowest BCUT2D eigenvalue weighted by atomic mass is 10.1. The average Bonchev–Trinajstić information content (AvgIpc) is 2.86. The standard InChI is InChI=1S/C14H15F3N4O/c15-14(16,17)11-3-1-10(2-4-11)7-13(22)20-12-8-19-21(9-12)6-5-18/h1-4,8-9H,5-7,18H2,(H,20,22). The number of hydrogen-bond acceptors (Lipinski definition) is 3. The molecule has 1 aromatic heterocycles. The lowest BCUT2D eigenvalue weighted by Crippen LogP contribution is -2.14. The van der Waals surface area contributed by atoms with Crippen LogP contribution in [0.5, 0.6) is 0 Å². The highest BCUT2D eigenvalue weighted by Gasteiger charge is 2.29. The fourth-order valence-corrected chi connectivity index (χ4v) is 1.88. The van der Waals surface area contributed by atoms with Crippen molar-refractivity contribution in [3.8, 4) is 0 Å². The maximum absolute atomic E-state index is 12.4. The van der Waals surface area contributed by atoms with Gasteiger partial charge in [0.2, 0.25) is 5.91 Å². The van der Waals surface area contributed by atoms with E-state index in [0.717, 1.165) is 12.1 Å². The van der Waals surface area contributed by atoms with Crippen molar-refractivity contribution in [3.63, 3.8) is 0 Å². The van der Waals surface area contributed by atoms with Gasteiger partial charge in [-0.25, -0.2) is 0 Å². The first-order valence-electron chi connectivity index (χ1n) is 6.57. The van der Waals surface area contributed by atoms with Crippen LogP contribution in [0.15, 0.2) is 36.7 Å². The number of carbonyl (C=O) groups is 1. The summed E-state index contributed by atoms with van der Waals surface area (Å²) in [5, 5.41) is 6.63. The summed E-state index contributed by atoms with van der Waals surface area (Å²) in [5.41, 5.74) is 5.67. The van der Waals surface area contributed by atoms with Crippen molar-refractivity contribution in [1.82, 2.24) is 9.78 Å². The van der Waals surface area contributed by atoms with Crippen LogP contribution < -0.4 is 11.1 Å². The van der Waals surface area contributed by atoms with E-state index in [0.29, 0.717) is 24.3 Å². The van der Waals surface area contributed by atoms with Crippen molar-refractivity contribution >= 4 is 11.6 Å². The molecule has 0 fully saturated rings. The van der Waals surface area contributed by atoms with E-state index in [1.54, 1.807) is 10.9 Å². The molecule has 1 heterocycles. The number of anilines is 1. The van der Waals surface area contributed by atoms with Crippen molar-refractivity contribution in [2.45, 2.75) is 19.1 Å². The molecule has 0 atom stereocenters. The summed E-state index contributed by atoms with van der Waals surface area (Å²) in [6, 6.07) is 4.50. The minimum Gasteiger partial charge on any atom is -0.329 e. The second kappa shape index (κ2) is 6.61. The zero-order chi connectivity index (χ0) is 16.2. The van der Waals surface area contributed by atoms with Gasteiger partial charge in [-0.1, -0.05) is 12.1 Å². The minimum atomic E-state index is -4.38. The van der Waals surface area contributed by atoms with Crippen LogP contribution in [0.2, 0.25) is 0 Å². The van der Waals surface area contributed by atoms with Crippen molar-refractivity contribution in [2.24, 2.45) is 5.73 Å². The smallest absolute Gasteiger partial charge is 0.329 e. The quantitative estimate of drug-likeness (QED) is 0.887. The van der Waals surface area contributed by atoms with Gasteiger partial charge in [-0.05, 0) is 17.7 Å². The number of nitrogens with zero attached hydrogens (tertiary/aromatic N) is 2. The Morgan fingerprint density at radius 3 is 2.55 bits per heavy atom. The molecule has 1 amide bonds. The SMILES string of the molecule is NCCn1cc(NC(=O)Cc2ccc(C(F)(F)F)cc2)cn1. The van der Waals surface area contributed by atoms with Gasteiger partial charge in [0, 0.05) is 12.7 Å². The molecule has 0 unspecified atom stereocenters. The van der Waals surface area contributed by atoms with Gasteiger partial charge in [-0.3, -0.25) is 9.48 Å². The van der Waals surface area contributed by atoms with E-state index in [9.17, 15) is 18.0 Å². The molecule has 5 nitrogen and oxygen atoms in total. The fraction of sp³-hybridized carbons (Fsp3) is 0.286. The molecule has 0 bridgehead atoms. The first kappa shape index (κ1) is 16.0. The van der Waals surface area contributed by atoms with Crippen LogP contribution in [0.3, 0.4) is 0 Å². The van der Waals surface area contributed by atoms with Crippen molar-refractivity contribution < 1.29 is 18.0 Å². The molecule has 3 N–H and O–H groups in total. The van der Waals surface area contributed by atoms with Crippen LogP contribution in [0.25, 0.3) is 0 Å². The second-order valence-electron chi connectivity index (χ2n) is 4.70. The lowest BCUT2D eigenvalue weighted by Gasteiger charge is -2.07. The third kappa shape index (κ3) is 4.32. The van der Waals surface area contributed by atoms with E-state index >= 15 is 0 Å². The molecule has 0 aliphatic rings. The third-order valence-corrected chi connectivity index (χ3v) is 2.92. The largest absolute Gasteiger partial charge is 0.416 e. The first-order valence-corrected chi connectivity index (χ1v) is 6.57. The van der Waals surface area contributed by atoms with Crippen LogP contribution in [-0.4, -0.2) is 22.2 Å². The molecule has 22 heavy (non-hydrogen) atoms. The van der Waals surface area contributed by atoms with Crippen LogP contribution in [0, 0.1) is 0 Å². The molecule has 2 rings (SSSR count). The number of aromatic nitrogens is 2. The summed E-state index contributed by atoms with van der Waals surface area (Å²) >= 11 is 0. The predicted octanol–water partition coefficient (Wildman–Crippen LogP) is 2.04. The molecule has 1 aromatic carbocycles. The summed E-state index contributed by atoms with van der Waals surface area (Å²) in [5.74, 6) is -0.327. The van der Waals surface area contributed by atoms with E-state index < -0.39 is 11.7 Å². The maximum Gasteiger partial charge on any atom is 0.416 e. The van der Waals surface area contributed by atoms with Crippen LogP contribution >= 0.6 is 0 Å². The van der Waals surface area contributed by atoms with Gasteiger partial charge < -0.3 is 11.1 Å². The Bertz CT molecular complexity index is 634. The van der Waals surface area contributed by atoms with E-state index in [1.165, 1.54) is 18.3 Å². The zero-order valence-electron chi connectivity index (χ0n) is 11.6. The number of amides is 1. The molecular weight excluding hydrogens is 297 g/mol. The number of benzene rings is 1. The monoisotopic (exact) mass is 312 g/mol. The highest BCUT2D eigenvalue weighted by Crippen LogP contribution is 2.29. The minimum absolute atomic E-state index is 0.0137. The Morgan fingerprint density at radius 2 is 1.95 bits per heavy atom. The average molecular weight is 312 g/mol. The molecule has 118 valence electrons. The molecular formula is C14H15F3N4O. The number of carbonyl (C=O) groups excluding carboxylic acids is 1. The van der Waals surface area contributed by atoms with Gasteiger partial charge in [-0.15, -0.1) is 0 Å². The summed E-state index contributed by atoms with van der Waals surface area (Å²) < 4.78 is 38.9. The molecule has 0 aliphatic heterocycles. The Labute approximate surface area is 124 Å². The number of hydrogen-bond donors (Lipinski definition) is 2. The van der Waals surface area contributed by atoms with Gasteiger partial charge in [0.25, 0.3) is 0 Å². The van der Waals surface area contributed by atoms with E-state index in [-0.39, 0.29) is 12.3 Å². The summed E-state index contributed by atoms with van der Waals surface area (Å²) in [4.78, 5) is 11.8. The molecule has 0 spiro atoms. The Hall–Kier alpha value is -2.35. The van der Waals surface area contributed by atoms with Crippen molar-refractivity contribution in [1.29, 1.82) is 0 Å². The predicted molar refractivity (Wildman–Crippen MR) is 75.1 cm³/mol. The van der Waals surface area contributed by atoms with Gasteiger partial charge in [0.1, 0.15) is 0 Å². The van der Waals surface area contributed by atoms with Crippen LogP contribution in [-0.2, 0) is 23.9 Å². The number of nitrogens with two attached hydrogens (primary N) is 1. The Kier molecular flexibility index (Phi) is 4.81. The summed E-state index contributed by atoms with van der Waals surface area (Å²) in [6.07, 6.45) is -1.27. The van der Waals surface area contributed by atoms with Gasteiger partial charge in [-0.2, -0.15) is 18.3 Å². The number of alkyl halides is 3. The zero-order valence-corrected chi connectivity index (χ0v) is 11.6. The fourth-order valence-electron chi connectivity index (χ4n) is 1.88. The summed E-state index contributed by atoms with van der Waals surface area (Å²) in [6.45, 7) is 0.968. The van der Waals surface area contributed by atoms with Gasteiger partial charge in [0.15, 0.2) is 0 Å². The Morgan fingerprint density at radius 1 is 1.27 bits per heavy atom. The highest BCUT2D eigenvalue weighted by atomic mass is 19.4. The summed E-state index contributed by atoms with van der Waals surface area (Å²) in [7, 11) is 0. The number of halogens is 3. The Balaban J connectivity index is 1.93. The topological polar surface area (TPSA) is 72.9 Å². The highest BCUT2D eigenvalue weighted by molar-refractivity contribution is 5.91. The molecule has 8 heteroatoms. The van der Waals surface area contributed by atoms with Crippen molar-refractivity contribution in [2.75, 3.05) is 11.9 Å². The maximum atomic E-state index is 12.4. The number of nitrogens with one attached hydrogen (secondary N) is 1. The lowest BCUT2D eigenvalue weighted by molar-refractivity contribution is -0.137. The normalized spacial score (nSPS) is 11.5. The van der Waals surface area contributed by atoms with Crippen LogP contribution in [0.1, 0.15) is 11.1 Å². The van der Waals surface area contributed by atoms with E-state index in [2.05, 4.69) is 10.4 Å². The number of rotatable bonds is 5. The molecule has 0 saturated heterocycles.